The molecule has 0 spiro atoms. The summed E-state index contributed by atoms with van der Waals surface area (Å²) in [5.74, 6) is -0.157. The summed E-state index contributed by atoms with van der Waals surface area (Å²) in [5.41, 5.74) is 6.29. The molecule has 0 saturated carbocycles. The van der Waals surface area contributed by atoms with Gasteiger partial charge in [0.2, 0.25) is 5.91 Å². The number of halogens is 1. The van der Waals surface area contributed by atoms with Crippen molar-refractivity contribution in [1.29, 1.82) is 0 Å². The molecule has 1 heterocycles. The quantitative estimate of drug-likeness (QED) is 0.429. The highest BCUT2D eigenvalue weighted by molar-refractivity contribution is 5.89. The molecule has 2 aromatic carbocycles. The van der Waals surface area contributed by atoms with Gasteiger partial charge in [-0.3, -0.25) is 9.59 Å². The molecule has 3 aromatic rings. The molecule has 1 atom stereocenters. The highest BCUT2D eigenvalue weighted by Gasteiger charge is 2.19. The number of carbonyl (C=O) groups excluding carboxylic acids is 1. The Labute approximate surface area is 190 Å². The third-order valence-electron chi connectivity index (χ3n) is 5.18. The number of rotatable bonds is 10. The lowest BCUT2D eigenvalue weighted by Crippen LogP contribution is -2.43. The highest BCUT2D eigenvalue weighted by atomic mass is 19.1. The van der Waals surface area contributed by atoms with Crippen LogP contribution in [0, 0.1) is 5.82 Å². The van der Waals surface area contributed by atoms with E-state index in [2.05, 4.69) is 5.32 Å². The van der Waals surface area contributed by atoms with E-state index in [0.29, 0.717) is 34.7 Å². The van der Waals surface area contributed by atoms with Gasteiger partial charge in [-0.05, 0) is 36.2 Å². The van der Waals surface area contributed by atoms with Gasteiger partial charge < -0.3 is 30.2 Å². The fraction of sp³-hybridized carbons (Fsp3) is 0.333. The average Bonchev–Trinajstić information content (AvgIpc) is 2.84. The zero-order valence-electron chi connectivity index (χ0n) is 18.6. The number of ether oxygens (including phenoxy) is 2. The molecule has 0 bridgehead atoms. The number of nitrogens with two attached hydrogens (primary N) is 1. The zero-order chi connectivity index (χ0) is 24.0. The monoisotopic (exact) mass is 457 g/mol. The first kappa shape index (κ1) is 24.2. The first-order valence-corrected chi connectivity index (χ1v) is 10.7. The summed E-state index contributed by atoms with van der Waals surface area (Å²) in [6.45, 7) is 2.23. The Kier molecular flexibility index (Phi) is 8.02. The molecule has 9 heteroatoms. The molecule has 0 aliphatic rings. The van der Waals surface area contributed by atoms with E-state index in [-0.39, 0.29) is 18.5 Å². The van der Waals surface area contributed by atoms with Crippen molar-refractivity contribution in [2.75, 3.05) is 26.9 Å². The molecule has 1 amide bonds. The maximum Gasteiger partial charge on any atom is 0.239 e. The maximum absolute atomic E-state index is 14.9. The molecule has 0 aliphatic carbocycles. The Bertz CT molecular complexity index is 1180. The number of fused-ring (bicyclic) bond motifs is 1. The number of aliphatic hydroxyl groups excluding tert-OH is 1. The van der Waals surface area contributed by atoms with Crippen LogP contribution in [-0.2, 0) is 11.3 Å². The SMILES string of the molecule is CCCOc1ccc(F)c2c(=O)c(-c3ccc(OC)cc3)cn(CCNC(=O)[C@@H](N)CO)c12. The van der Waals surface area contributed by atoms with Crippen molar-refractivity contribution >= 4 is 16.8 Å². The predicted octanol–water partition coefficient (Wildman–Crippen LogP) is 2.04. The van der Waals surface area contributed by atoms with Crippen molar-refractivity contribution in [3.8, 4) is 22.6 Å². The second-order valence-electron chi connectivity index (χ2n) is 7.49. The predicted molar refractivity (Wildman–Crippen MR) is 124 cm³/mol. The minimum absolute atomic E-state index is 0.0877. The van der Waals surface area contributed by atoms with Gasteiger partial charge >= 0.3 is 0 Å². The van der Waals surface area contributed by atoms with Crippen LogP contribution in [0.15, 0.2) is 47.4 Å². The Morgan fingerprint density at radius 3 is 2.61 bits per heavy atom. The summed E-state index contributed by atoms with van der Waals surface area (Å²) in [6, 6.07) is 8.57. The van der Waals surface area contributed by atoms with Gasteiger partial charge in [-0.25, -0.2) is 4.39 Å². The minimum Gasteiger partial charge on any atom is -0.497 e. The molecule has 0 fully saturated rings. The van der Waals surface area contributed by atoms with Gasteiger partial charge in [0.05, 0.1) is 31.2 Å². The molecule has 0 unspecified atom stereocenters. The summed E-state index contributed by atoms with van der Waals surface area (Å²) < 4.78 is 27.6. The van der Waals surface area contributed by atoms with Crippen molar-refractivity contribution in [3.63, 3.8) is 0 Å². The number of amides is 1. The fourth-order valence-electron chi connectivity index (χ4n) is 3.46. The van der Waals surface area contributed by atoms with E-state index in [0.717, 1.165) is 6.42 Å². The van der Waals surface area contributed by atoms with E-state index in [9.17, 15) is 14.0 Å². The van der Waals surface area contributed by atoms with Crippen LogP contribution in [0.5, 0.6) is 11.5 Å². The molecule has 0 radical (unpaired) electrons. The van der Waals surface area contributed by atoms with Crippen molar-refractivity contribution in [2.24, 2.45) is 5.73 Å². The molecule has 4 N–H and O–H groups in total. The first-order chi connectivity index (χ1) is 15.9. The topological polar surface area (TPSA) is 116 Å². The first-order valence-electron chi connectivity index (χ1n) is 10.7. The number of aromatic nitrogens is 1. The zero-order valence-corrected chi connectivity index (χ0v) is 18.6. The van der Waals surface area contributed by atoms with E-state index in [4.69, 9.17) is 20.3 Å². The average molecular weight is 458 g/mol. The smallest absolute Gasteiger partial charge is 0.239 e. The van der Waals surface area contributed by atoms with Crippen LogP contribution >= 0.6 is 0 Å². The largest absolute Gasteiger partial charge is 0.497 e. The van der Waals surface area contributed by atoms with Crippen molar-refractivity contribution in [2.45, 2.75) is 25.9 Å². The highest BCUT2D eigenvalue weighted by Crippen LogP contribution is 2.29. The Morgan fingerprint density at radius 2 is 1.97 bits per heavy atom. The molecule has 0 saturated heterocycles. The van der Waals surface area contributed by atoms with Crippen LogP contribution in [0.25, 0.3) is 22.0 Å². The van der Waals surface area contributed by atoms with Crippen LogP contribution in [0.3, 0.4) is 0 Å². The summed E-state index contributed by atoms with van der Waals surface area (Å²) in [5, 5.41) is 11.6. The van der Waals surface area contributed by atoms with E-state index in [1.165, 1.54) is 12.1 Å². The number of pyridine rings is 1. The van der Waals surface area contributed by atoms with Crippen LogP contribution in [0.2, 0.25) is 0 Å². The van der Waals surface area contributed by atoms with Gasteiger partial charge in [0, 0.05) is 24.8 Å². The summed E-state index contributed by atoms with van der Waals surface area (Å²) in [6.07, 6.45) is 2.37. The van der Waals surface area contributed by atoms with Crippen molar-refractivity contribution in [1.82, 2.24) is 9.88 Å². The normalized spacial score (nSPS) is 11.9. The van der Waals surface area contributed by atoms with Gasteiger partial charge in [-0.15, -0.1) is 0 Å². The lowest BCUT2D eigenvalue weighted by molar-refractivity contribution is -0.123. The number of aliphatic hydroxyl groups is 1. The van der Waals surface area contributed by atoms with Crippen molar-refractivity contribution in [3.05, 3.63) is 58.6 Å². The lowest BCUT2D eigenvalue weighted by Gasteiger charge is -2.18. The molecule has 3 rings (SSSR count). The Hall–Kier alpha value is -3.43. The number of hydrogen-bond donors (Lipinski definition) is 3. The van der Waals surface area contributed by atoms with E-state index in [1.807, 2.05) is 6.92 Å². The van der Waals surface area contributed by atoms with E-state index < -0.39 is 29.8 Å². The van der Waals surface area contributed by atoms with E-state index in [1.54, 1.807) is 42.1 Å². The molecule has 1 aromatic heterocycles. The van der Waals surface area contributed by atoms with Crippen LogP contribution in [-0.4, -0.2) is 48.5 Å². The third kappa shape index (κ3) is 5.32. The van der Waals surface area contributed by atoms with Gasteiger partial charge in [0.1, 0.15) is 23.4 Å². The number of methoxy groups -OCH3 is 1. The number of benzene rings is 2. The molecule has 33 heavy (non-hydrogen) atoms. The second-order valence-corrected chi connectivity index (χ2v) is 7.49. The number of nitrogens with zero attached hydrogens (tertiary/aromatic N) is 1. The third-order valence-corrected chi connectivity index (χ3v) is 5.18. The summed E-state index contributed by atoms with van der Waals surface area (Å²) in [4.78, 5) is 25.3. The minimum atomic E-state index is -1.04. The number of nitrogens with one attached hydrogen (secondary N) is 1. The molecular weight excluding hydrogens is 429 g/mol. The van der Waals surface area contributed by atoms with Crippen LogP contribution < -0.4 is 26.0 Å². The summed E-state index contributed by atoms with van der Waals surface area (Å²) >= 11 is 0. The fourth-order valence-corrected chi connectivity index (χ4v) is 3.46. The molecule has 176 valence electrons. The van der Waals surface area contributed by atoms with Crippen LogP contribution in [0.4, 0.5) is 4.39 Å². The second kappa shape index (κ2) is 10.9. The Morgan fingerprint density at radius 1 is 1.24 bits per heavy atom. The van der Waals surface area contributed by atoms with Gasteiger partial charge in [-0.1, -0.05) is 19.1 Å². The number of carbonyl (C=O) groups is 1. The molecular formula is C24H28FN3O5. The standard InChI is InChI=1S/C24H28FN3O5/c1-3-12-33-20-9-8-18(25)21-22(20)28(11-10-27-24(31)19(26)14-29)13-17(23(21)30)15-4-6-16(32-2)7-5-15/h4-9,13,19,29H,3,10-12,14,26H2,1-2H3,(H,27,31)/t19-/m0/s1. The molecule has 0 aliphatic heterocycles. The van der Waals surface area contributed by atoms with Gasteiger partial charge in [0.25, 0.3) is 0 Å². The van der Waals surface area contributed by atoms with Gasteiger partial charge in [-0.2, -0.15) is 0 Å². The van der Waals surface area contributed by atoms with E-state index >= 15 is 0 Å². The van der Waals surface area contributed by atoms with Gasteiger partial charge in [0.15, 0.2) is 5.43 Å². The van der Waals surface area contributed by atoms with Crippen molar-refractivity contribution < 1.29 is 23.8 Å². The van der Waals surface area contributed by atoms with Crippen LogP contribution in [0.1, 0.15) is 13.3 Å². The summed E-state index contributed by atoms with van der Waals surface area (Å²) in [7, 11) is 1.54. The molecule has 8 nitrogen and oxygen atoms in total. The lowest BCUT2D eigenvalue weighted by atomic mass is 10.0. The Balaban J connectivity index is 2.13. The number of hydrogen-bond acceptors (Lipinski definition) is 6. The maximum atomic E-state index is 14.9.